The number of hydrogen-bond acceptors (Lipinski definition) is 7. The van der Waals surface area contributed by atoms with E-state index in [0.29, 0.717) is 11.6 Å². The van der Waals surface area contributed by atoms with Gasteiger partial charge in [0.05, 0.1) is 10.0 Å². The number of fused-ring (bicyclic) bond motifs is 1. The average molecular weight is 403 g/mol. The van der Waals surface area contributed by atoms with Crippen molar-refractivity contribution in [2.75, 3.05) is 0 Å². The molecule has 4 rings (SSSR count). The zero-order chi connectivity index (χ0) is 19.0. The van der Waals surface area contributed by atoms with Crippen molar-refractivity contribution in [3.63, 3.8) is 0 Å². The second-order valence-electron chi connectivity index (χ2n) is 7.07. The molecule has 1 aliphatic heterocycles. The van der Waals surface area contributed by atoms with Gasteiger partial charge in [-0.15, -0.1) is 32.9 Å². The second kappa shape index (κ2) is 7.47. The van der Waals surface area contributed by atoms with Gasteiger partial charge in [0.1, 0.15) is 17.2 Å². The molecule has 142 valence electrons. The fourth-order valence-corrected chi connectivity index (χ4v) is 4.61. The topological polar surface area (TPSA) is 85.6 Å². The first-order valence-corrected chi connectivity index (χ1v) is 10.9. The van der Waals surface area contributed by atoms with Crippen molar-refractivity contribution in [2.24, 2.45) is 0 Å². The first-order valence-electron chi connectivity index (χ1n) is 9.12. The highest BCUT2D eigenvalue weighted by molar-refractivity contribution is 7.10. The van der Waals surface area contributed by atoms with E-state index in [-0.39, 0.29) is 11.9 Å². The van der Waals surface area contributed by atoms with Gasteiger partial charge in [0.25, 0.3) is 5.91 Å². The first kappa shape index (κ1) is 18.2. The normalized spacial score (nSPS) is 17.0. The van der Waals surface area contributed by atoms with Gasteiger partial charge in [0, 0.05) is 35.7 Å². The van der Waals surface area contributed by atoms with E-state index in [1.165, 1.54) is 0 Å². The van der Waals surface area contributed by atoms with Gasteiger partial charge in [-0.25, -0.2) is 9.97 Å². The van der Waals surface area contributed by atoms with E-state index in [1.807, 2.05) is 17.7 Å². The average Bonchev–Trinajstić information content (AvgIpc) is 3.34. The van der Waals surface area contributed by atoms with E-state index >= 15 is 0 Å². The lowest BCUT2D eigenvalue weighted by Gasteiger charge is -2.15. The minimum absolute atomic E-state index is 0.0869. The van der Waals surface area contributed by atoms with Crippen molar-refractivity contribution in [1.82, 2.24) is 30.0 Å². The third kappa shape index (κ3) is 3.79. The number of carbonyl (C=O) groups excluding carboxylic acids is 1. The van der Waals surface area contributed by atoms with Crippen LogP contribution in [0, 0.1) is 6.92 Å². The predicted molar refractivity (Wildman–Crippen MR) is 106 cm³/mol. The molecule has 1 atom stereocenters. The molecule has 7 nitrogen and oxygen atoms in total. The standard InChI is InChI=1S/C18H22N6OS2/c1-10(2)18-21-14(9-27-18)17(25)20-12-4-5-15-22-23-16(24(15)7-6-12)13-8-26-11(3)19-13/h8-10,12H,4-7H2,1-3H3,(H,20,25). The van der Waals surface area contributed by atoms with Crippen LogP contribution in [0.5, 0.6) is 0 Å². The van der Waals surface area contributed by atoms with E-state index in [2.05, 4.69) is 43.9 Å². The van der Waals surface area contributed by atoms with Crippen molar-refractivity contribution in [3.05, 3.63) is 32.3 Å². The van der Waals surface area contributed by atoms with Gasteiger partial charge in [-0.3, -0.25) is 4.79 Å². The molecule has 0 aliphatic carbocycles. The summed E-state index contributed by atoms with van der Waals surface area (Å²) >= 11 is 3.16. The Hall–Kier alpha value is -2.13. The number of hydrogen-bond donors (Lipinski definition) is 1. The lowest BCUT2D eigenvalue weighted by molar-refractivity contribution is 0.0928. The summed E-state index contributed by atoms with van der Waals surface area (Å²) in [6, 6.07) is 0.105. The molecular weight excluding hydrogens is 380 g/mol. The van der Waals surface area contributed by atoms with Crippen LogP contribution in [0.4, 0.5) is 0 Å². The number of thiazole rings is 2. The number of aromatic nitrogens is 5. The van der Waals surface area contributed by atoms with E-state index in [0.717, 1.165) is 53.2 Å². The number of amides is 1. The first-order chi connectivity index (χ1) is 13.0. The summed E-state index contributed by atoms with van der Waals surface area (Å²) in [7, 11) is 0. The Bertz CT molecular complexity index is 957. The highest BCUT2D eigenvalue weighted by atomic mass is 32.1. The Kier molecular flexibility index (Phi) is 5.05. The van der Waals surface area contributed by atoms with Gasteiger partial charge in [-0.05, 0) is 19.8 Å². The Balaban J connectivity index is 1.44. The summed E-state index contributed by atoms with van der Waals surface area (Å²) in [6.45, 7) is 6.93. The Morgan fingerprint density at radius 1 is 1.22 bits per heavy atom. The van der Waals surface area contributed by atoms with Gasteiger partial charge in [0.15, 0.2) is 5.82 Å². The van der Waals surface area contributed by atoms with Crippen LogP contribution in [-0.2, 0) is 13.0 Å². The van der Waals surface area contributed by atoms with Crippen molar-refractivity contribution < 1.29 is 4.79 Å². The molecule has 3 aromatic heterocycles. The second-order valence-corrected chi connectivity index (χ2v) is 9.02. The van der Waals surface area contributed by atoms with Gasteiger partial charge in [0.2, 0.25) is 0 Å². The van der Waals surface area contributed by atoms with E-state index in [4.69, 9.17) is 0 Å². The zero-order valence-corrected chi connectivity index (χ0v) is 17.2. The van der Waals surface area contributed by atoms with Crippen LogP contribution in [0.25, 0.3) is 11.5 Å². The summed E-state index contributed by atoms with van der Waals surface area (Å²) in [5, 5.41) is 17.7. The summed E-state index contributed by atoms with van der Waals surface area (Å²) in [5.74, 6) is 2.04. The van der Waals surface area contributed by atoms with E-state index in [9.17, 15) is 4.79 Å². The van der Waals surface area contributed by atoms with Gasteiger partial charge >= 0.3 is 0 Å². The smallest absolute Gasteiger partial charge is 0.270 e. The zero-order valence-electron chi connectivity index (χ0n) is 15.6. The maximum atomic E-state index is 12.6. The molecule has 0 saturated carbocycles. The molecule has 0 fully saturated rings. The highest BCUT2D eigenvalue weighted by Gasteiger charge is 2.24. The number of nitrogens with zero attached hydrogens (tertiary/aromatic N) is 5. The fraction of sp³-hybridized carbons (Fsp3) is 0.500. The molecule has 9 heteroatoms. The molecule has 0 radical (unpaired) electrons. The quantitative estimate of drug-likeness (QED) is 0.723. The van der Waals surface area contributed by atoms with Gasteiger partial charge < -0.3 is 9.88 Å². The lowest BCUT2D eigenvalue weighted by atomic mass is 10.1. The number of aryl methyl sites for hydroxylation is 2. The van der Waals surface area contributed by atoms with Crippen LogP contribution in [0.2, 0.25) is 0 Å². The predicted octanol–water partition coefficient (Wildman–Crippen LogP) is 3.42. The molecule has 1 amide bonds. The molecule has 4 heterocycles. The monoisotopic (exact) mass is 402 g/mol. The van der Waals surface area contributed by atoms with Crippen LogP contribution >= 0.6 is 22.7 Å². The molecule has 0 spiro atoms. The Morgan fingerprint density at radius 2 is 2.07 bits per heavy atom. The maximum absolute atomic E-state index is 12.6. The van der Waals surface area contributed by atoms with Crippen molar-refractivity contribution in [2.45, 2.75) is 58.5 Å². The van der Waals surface area contributed by atoms with Crippen LogP contribution in [0.15, 0.2) is 10.8 Å². The fourth-order valence-electron chi connectivity index (χ4n) is 3.20. The van der Waals surface area contributed by atoms with Crippen LogP contribution < -0.4 is 5.32 Å². The SMILES string of the molecule is Cc1nc(-c2nnc3n2CCC(NC(=O)c2csc(C(C)C)n2)CC3)cs1. The summed E-state index contributed by atoms with van der Waals surface area (Å²) < 4.78 is 2.14. The third-order valence-electron chi connectivity index (χ3n) is 4.68. The van der Waals surface area contributed by atoms with Crippen molar-refractivity contribution >= 4 is 28.6 Å². The van der Waals surface area contributed by atoms with E-state index in [1.54, 1.807) is 22.7 Å². The number of nitrogens with one attached hydrogen (secondary N) is 1. The van der Waals surface area contributed by atoms with Crippen LogP contribution in [0.1, 0.15) is 58.9 Å². The summed E-state index contributed by atoms with van der Waals surface area (Å²) in [6.07, 6.45) is 2.48. The molecule has 0 aromatic carbocycles. The maximum Gasteiger partial charge on any atom is 0.270 e. The van der Waals surface area contributed by atoms with Crippen molar-refractivity contribution in [3.8, 4) is 11.5 Å². The van der Waals surface area contributed by atoms with E-state index < -0.39 is 0 Å². The molecule has 3 aromatic rings. The lowest BCUT2D eigenvalue weighted by Crippen LogP contribution is -2.35. The molecule has 0 bridgehead atoms. The number of rotatable bonds is 4. The molecule has 1 unspecified atom stereocenters. The molecule has 1 N–H and O–H groups in total. The summed E-state index contributed by atoms with van der Waals surface area (Å²) in [4.78, 5) is 21.5. The molecule has 1 aliphatic rings. The van der Waals surface area contributed by atoms with Gasteiger partial charge in [-0.1, -0.05) is 13.8 Å². The van der Waals surface area contributed by atoms with Crippen LogP contribution in [-0.4, -0.2) is 36.7 Å². The molecule has 0 saturated heterocycles. The third-order valence-corrected chi connectivity index (χ3v) is 6.60. The minimum atomic E-state index is -0.0869. The largest absolute Gasteiger partial charge is 0.348 e. The molecule has 27 heavy (non-hydrogen) atoms. The Morgan fingerprint density at radius 3 is 2.78 bits per heavy atom. The Labute approximate surface area is 165 Å². The van der Waals surface area contributed by atoms with Gasteiger partial charge in [-0.2, -0.15) is 0 Å². The number of carbonyl (C=O) groups is 1. The molecular formula is C18H22N6OS2. The van der Waals surface area contributed by atoms with Crippen molar-refractivity contribution in [1.29, 1.82) is 0 Å². The van der Waals surface area contributed by atoms with Crippen LogP contribution in [0.3, 0.4) is 0 Å². The minimum Gasteiger partial charge on any atom is -0.348 e. The highest BCUT2D eigenvalue weighted by Crippen LogP contribution is 2.24. The summed E-state index contributed by atoms with van der Waals surface area (Å²) in [5.41, 5.74) is 1.40.